The minimum absolute atomic E-state index is 0.140. The molecule has 0 bridgehead atoms. The molecule has 0 amide bonds. The number of aliphatic hydroxyl groups excluding tert-OH is 1. The minimum atomic E-state index is -3.25. The number of rotatable bonds is 7. The van der Waals surface area contributed by atoms with Crippen LogP contribution in [0, 0.1) is 5.92 Å². The van der Waals surface area contributed by atoms with E-state index in [-0.39, 0.29) is 23.8 Å². The van der Waals surface area contributed by atoms with Crippen LogP contribution in [0.1, 0.15) is 31.9 Å². The summed E-state index contributed by atoms with van der Waals surface area (Å²) in [5.74, 6) is 0.333. The predicted molar refractivity (Wildman–Crippen MR) is 77.7 cm³/mol. The van der Waals surface area contributed by atoms with E-state index in [2.05, 4.69) is 9.71 Å². The van der Waals surface area contributed by atoms with Crippen molar-refractivity contribution in [2.45, 2.75) is 44.8 Å². The standard InChI is InChI=1S/C14H22N2O3S/c1-2-7-20(18,19)16-14(11-8-13(17)9-11)10-12-5-3-4-6-15-12/h3-6,11,13-14,16-17H,2,7-10H2,1H3. The van der Waals surface area contributed by atoms with Crippen molar-refractivity contribution in [3.8, 4) is 0 Å². The summed E-state index contributed by atoms with van der Waals surface area (Å²) in [5.41, 5.74) is 0.873. The van der Waals surface area contributed by atoms with Crippen LogP contribution in [0.25, 0.3) is 0 Å². The Morgan fingerprint density at radius 1 is 1.45 bits per heavy atom. The Morgan fingerprint density at radius 3 is 2.75 bits per heavy atom. The number of nitrogens with zero attached hydrogens (tertiary/aromatic N) is 1. The molecule has 0 spiro atoms. The van der Waals surface area contributed by atoms with Crippen LogP contribution in [-0.4, -0.2) is 36.4 Å². The summed E-state index contributed by atoms with van der Waals surface area (Å²) in [6.45, 7) is 1.85. The topological polar surface area (TPSA) is 79.3 Å². The Hall–Kier alpha value is -0.980. The van der Waals surface area contributed by atoms with E-state index in [0.717, 1.165) is 5.69 Å². The molecule has 1 aliphatic carbocycles. The van der Waals surface area contributed by atoms with Crippen molar-refractivity contribution < 1.29 is 13.5 Å². The van der Waals surface area contributed by atoms with E-state index in [9.17, 15) is 13.5 Å². The van der Waals surface area contributed by atoms with Crippen LogP contribution in [0.2, 0.25) is 0 Å². The summed E-state index contributed by atoms with van der Waals surface area (Å²) in [6.07, 6.45) is 3.91. The Kier molecular flexibility index (Phi) is 5.12. The van der Waals surface area contributed by atoms with Crippen LogP contribution < -0.4 is 4.72 Å². The fraction of sp³-hybridized carbons (Fsp3) is 0.643. The van der Waals surface area contributed by atoms with Gasteiger partial charge in [-0.15, -0.1) is 0 Å². The lowest BCUT2D eigenvalue weighted by molar-refractivity contribution is 0.0282. The van der Waals surface area contributed by atoms with E-state index in [4.69, 9.17) is 0 Å². The first-order valence-corrected chi connectivity index (χ1v) is 8.73. The molecule has 0 saturated heterocycles. The second kappa shape index (κ2) is 6.65. The van der Waals surface area contributed by atoms with Crippen molar-refractivity contribution in [3.05, 3.63) is 30.1 Å². The van der Waals surface area contributed by atoms with Crippen molar-refractivity contribution >= 4 is 10.0 Å². The van der Waals surface area contributed by atoms with E-state index >= 15 is 0 Å². The van der Waals surface area contributed by atoms with Gasteiger partial charge < -0.3 is 5.11 Å². The van der Waals surface area contributed by atoms with Crippen LogP contribution in [0.3, 0.4) is 0 Å². The molecule has 2 rings (SSSR count). The molecule has 1 aromatic rings. The number of aliphatic hydroxyl groups is 1. The van der Waals surface area contributed by atoms with Crippen LogP contribution in [0.4, 0.5) is 0 Å². The number of hydrogen-bond acceptors (Lipinski definition) is 4. The van der Waals surface area contributed by atoms with E-state index in [1.165, 1.54) is 0 Å². The third-order valence-electron chi connectivity index (χ3n) is 3.68. The van der Waals surface area contributed by atoms with Gasteiger partial charge in [-0.2, -0.15) is 0 Å². The van der Waals surface area contributed by atoms with Crippen LogP contribution in [0.15, 0.2) is 24.4 Å². The number of aromatic nitrogens is 1. The Morgan fingerprint density at radius 2 is 2.20 bits per heavy atom. The zero-order valence-corrected chi connectivity index (χ0v) is 12.5. The van der Waals surface area contributed by atoms with E-state index in [1.807, 2.05) is 25.1 Å². The lowest BCUT2D eigenvalue weighted by Crippen LogP contribution is -2.48. The Labute approximate surface area is 120 Å². The molecule has 2 N–H and O–H groups in total. The highest BCUT2D eigenvalue weighted by Crippen LogP contribution is 2.31. The maximum atomic E-state index is 12.0. The fourth-order valence-corrected chi connectivity index (χ4v) is 3.96. The maximum absolute atomic E-state index is 12.0. The number of pyridine rings is 1. The molecule has 1 fully saturated rings. The molecule has 1 saturated carbocycles. The summed E-state index contributed by atoms with van der Waals surface area (Å²) in [6, 6.07) is 5.46. The van der Waals surface area contributed by atoms with Crippen molar-refractivity contribution in [1.29, 1.82) is 0 Å². The second-order valence-electron chi connectivity index (χ2n) is 5.45. The highest BCUT2D eigenvalue weighted by Gasteiger charge is 2.35. The molecule has 0 radical (unpaired) electrons. The molecule has 1 atom stereocenters. The maximum Gasteiger partial charge on any atom is 0.211 e. The molecule has 0 aliphatic heterocycles. The lowest BCUT2D eigenvalue weighted by Gasteiger charge is -2.37. The molecule has 1 heterocycles. The average molecular weight is 298 g/mol. The first-order valence-electron chi connectivity index (χ1n) is 7.08. The molecule has 6 heteroatoms. The van der Waals surface area contributed by atoms with Crippen LogP contribution in [-0.2, 0) is 16.4 Å². The quantitative estimate of drug-likeness (QED) is 0.790. The summed E-state index contributed by atoms with van der Waals surface area (Å²) in [5, 5.41) is 9.44. The molecule has 112 valence electrons. The van der Waals surface area contributed by atoms with Crippen LogP contribution >= 0.6 is 0 Å². The Balaban J connectivity index is 2.05. The van der Waals surface area contributed by atoms with Gasteiger partial charge in [-0.1, -0.05) is 13.0 Å². The van der Waals surface area contributed by atoms with E-state index in [0.29, 0.717) is 25.7 Å². The summed E-state index contributed by atoms with van der Waals surface area (Å²) in [7, 11) is -3.25. The molecular formula is C14H22N2O3S. The highest BCUT2D eigenvalue weighted by molar-refractivity contribution is 7.89. The van der Waals surface area contributed by atoms with Gasteiger partial charge in [-0.25, -0.2) is 13.1 Å². The highest BCUT2D eigenvalue weighted by atomic mass is 32.2. The van der Waals surface area contributed by atoms with Gasteiger partial charge in [0.2, 0.25) is 10.0 Å². The first kappa shape index (κ1) is 15.4. The third-order valence-corrected chi connectivity index (χ3v) is 5.29. The monoisotopic (exact) mass is 298 g/mol. The van der Waals surface area contributed by atoms with Gasteiger partial charge in [0.25, 0.3) is 0 Å². The van der Waals surface area contributed by atoms with Gasteiger partial charge in [0.15, 0.2) is 0 Å². The largest absolute Gasteiger partial charge is 0.393 e. The summed E-state index contributed by atoms with van der Waals surface area (Å²) < 4.78 is 26.7. The summed E-state index contributed by atoms with van der Waals surface area (Å²) >= 11 is 0. The summed E-state index contributed by atoms with van der Waals surface area (Å²) in [4.78, 5) is 4.26. The Bertz CT molecular complexity index is 512. The number of nitrogens with one attached hydrogen (secondary N) is 1. The second-order valence-corrected chi connectivity index (χ2v) is 7.33. The normalized spacial score (nSPS) is 24.1. The van der Waals surface area contributed by atoms with Gasteiger partial charge in [-0.05, 0) is 37.3 Å². The molecule has 0 aromatic carbocycles. The fourth-order valence-electron chi connectivity index (χ4n) is 2.57. The molecule has 20 heavy (non-hydrogen) atoms. The van der Waals surface area contributed by atoms with Gasteiger partial charge in [0.05, 0.1) is 11.9 Å². The smallest absolute Gasteiger partial charge is 0.211 e. The molecule has 1 aromatic heterocycles. The molecular weight excluding hydrogens is 276 g/mol. The van der Waals surface area contributed by atoms with E-state index in [1.54, 1.807) is 6.20 Å². The number of sulfonamides is 1. The lowest BCUT2D eigenvalue weighted by atomic mass is 9.76. The minimum Gasteiger partial charge on any atom is -0.393 e. The van der Waals surface area contributed by atoms with Crippen molar-refractivity contribution in [1.82, 2.24) is 9.71 Å². The average Bonchev–Trinajstić information content (AvgIpc) is 2.35. The van der Waals surface area contributed by atoms with Gasteiger partial charge >= 0.3 is 0 Å². The van der Waals surface area contributed by atoms with Gasteiger partial charge in [0, 0.05) is 24.4 Å². The molecule has 5 nitrogen and oxygen atoms in total. The zero-order valence-electron chi connectivity index (χ0n) is 11.7. The third kappa shape index (κ3) is 4.26. The van der Waals surface area contributed by atoms with Crippen molar-refractivity contribution in [3.63, 3.8) is 0 Å². The van der Waals surface area contributed by atoms with Gasteiger partial charge in [0.1, 0.15) is 0 Å². The number of hydrogen-bond donors (Lipinski definition) is 2. The molecule has 1 unspecified atom stereocenters. The predicted octanol–water partition coefficient (Wildman–Crippen LogP) is 1.09. The molecule has 1 aliphatic rings. The zero-order chi connectivity index (χ0) is 14.6. The first-order chi connectivity index (χ1) is 9.50. The van der Waals surface area contributed by atoms with Crippen LogP contribution in [0.5, 0.6) is 0 Å². The van der Waals surface area contributed by atoms with Crippen molar-refractivity contribution in [2.24, 2.45) is 5.92 Å². The van der Waals surface area contributed by atoms with E-state index < -0.39 is 10.0 Å². The van der Waals surface area contributed by atoms with Crippen molar-refractivity contribution in [2.75, 3.05) is 5.75 Å². The van der Waals surface area contributed by atoms with Gasteiger partial charge in [-0.3, -0.25) is 4.98 Å². The SMILES string of the molecule is CCCS(=O)(=O)NC(Cc1ccccn1)C1CC(O)C1.